The van der Waals surface area contributed by atoms with E-state index in [9.17, 15) is 4.39 Å². The number of piperazine rings is 1. The Labute approximate surface area is 172 Å². The second-order valence-electron chi connectivity index (χ2n) is 6.26. The molecule has 0 N–H and O–H groups in total. The van der Waals surface area contributed by atoms with Crippen molar-refractivity contribution in [3.63, 3.8) is 0 Å². The predicted molar refractivity (Wildman–Crippen MR) is 114 cm³/mol. The van der Waals surface area contributed by atoms with E-state index >= 15 is 0 Å². The number of benzene rings is 2. The van der Waals surface area contributed by atoms with E-state index in [1.54, 1.807) is 29.5 Å². The van der Waals surface area contributed by atoms with Crippen molar-refractivity contribution in [3.05, 3.63) is 46.2 Å². The lowest BCUT2D eigenvalue weighted by molar-refractivity contribution is 0.635. The van der Waals surface area contributed by atoms with E-state index in [4.69, 9.17) is 23.2 Å². The van der Waals surface area contributed by atoms with Crippen LogP contribution in [0.25, 0.3) is 20.4 Å². The first kappa shape index (κ1) is 17.4. The number of para-hydroxylation sites is 1. The molecule has 2 aromatic heterocycles. The third-order valence-electron chi connectivity index (χ3n) is 4.61. The van der Waals surface area contributed by atoms with E-state index in [0.717, 1.165) is 51.4 Å². The maximum Gasteiger partial charge on any atom is 0.186 e. The predicted octanol–water partition coefficient (Wildman–Crippen LogP) is 5.68. The van der Waals surface area contributed by atoms with Crippen molar-refractivity contribution in [1.82, 2.24) is 9.97 Å². The number of hydrogen-bond donors (Lipinski definition) is 0. The number of fused-ring (bicyclic) bond motifs is 2. The summed E-state index contributed by atoms with van der Waals surface area (Å²) < 4.78 is 15.7. The summed E-state index contributed by atoms with van der Waals surface area (Å²) in [5.41, 5.74) is 1.21. The van der Waals surface area contributed by atoms with E-state index in [-0.39, 0.29) is 5.82 Å². The van der Waals surface area contributed by atoms with Crippen molar-refractivity contribution in [1.29, 1.82) is 0 Å². The quantitative estimate of drug-likeness (QED) is 0.402. The fourth-order valence-electron chi connectivity index (χ4n) is 3.20. The lowest BCUT2D eigenvalue weighted by atomic mass is 10.3. The molecule has 138 valence electrons. The summed E-state index contributed by atoms with van der Waals surface area (Å²) in [6, 6.07) is 8.66. The molecule has 0 radical (unpaired) electrons. The minimum absolute atomic E-state index is 0.267. The monoisotopic (exact) mass is 438 g/mol. The summed E-state index contributed by atoms with van der Waals surface area (Å²) in [5, 5.41) is 3.08. The Hall–Kier alpha value is -1.67. The van der Waals surface area contributed by atoms with Gasteiger partial charge in [0.15, 0.2) is 10.3 Å². The van der Waals surface area contributed by atoms with Gasteiger partial charge in [-0.15, -0.1) is 0 Å². The SMILES string of the molecule is Fc1cccc2sc(N3CCN(c4nc5c(Cl)ccc(Cl)c5s4)CC3)nc12. The molecule has 3 heterocycles. The first-order valence-electron chi connectivity index (χ1n) is 8.39. The molecule has 4 aromatic rings. The van der Waals surface area contributed by atoms with Crippen LogP contribution in [0.1, 0.15) is 0 Å². The number of rotatable bonds is 2. The molecule has 0 bridgehead atoms. The van der Waals surface area contributed by atoms with Crippen molar-refractivity contribution >= 4 is 76.6 Å². The van der Waals surface area contributed by atoms with Gasteiger partial charge in [-0.05, 0) is 24.3 Å². The Balaban J connectivity index is 1.37. The summed E-state index contributed by atoms with van der Waals surface area (Å²) in [4.78, 5) is 13.6. The van der Waals surface area contributed by atoms with E-state index < -0.39 is 0 Å². The second kappa shape index (κ2) is 6.74. The minimum Gasteiger partial charge on any atom is -0.345 e. The summed E-state index contributed by atoms with van der Waals surface area (Å²) in [6.07, 6.45) is 0. The van der Waals surface area contributed by atoms with Crippen LogP contribution in [-0.4, -0.2) is 36.1 Å². The van der Waals surface area contributed by atoms with Gasteiger partial charge in [-0.1, -0.05) is 51.9 Å². The molecule has 9 heteroatoms. The van der Waals surface area contributed by atoms with Crippen LogP contribution < -0.4 is 9.80 Å². The van der Waals surface area contributed by atoms with Crippen molar-refractivity contribution < 1.29 is 4.39 Å². The molecule has 0 atom stereocenters. The summed E-state index contributed by atoms with van der Waals surface area (Å²) in [6.45, 7) is 3.23. The molecule has 0 spiro atoms. The normalized spacial score (nSPS) is 15.2. The standard InChI is InChI=1S/C18H13Cl2FN4S2/c19-10-4-5-11(20)16-14(10)22-18(27-16)25-8-6-24(7-9-25)17-23-15-12(21)2-1-3-13(15)26-17/h1-5H,6-9H2. The van der Waals surface area contributed by atoms with Gasteiger partial charge in [-0.3, -0.25) is 0 Å². The van der Waals surface area contributed by atoms with E-state index in [2.05, 4.69) is 19.8 Å². The Morgan fingerprint density at radius 3 is 2.11 bits per heavy atom. The Morgan fingerprint density at radius 1 is 0.815 bits per heavy atom. The van der Waals surface area contributed by atoms with Gasteiger partial charge in [-0.25, -0.2) is 14.4 Å². The number of halogens is 3. The molecule has 27 heavy (non-hydrogen) atoms. The van der Waals surface area contributed by atoms with Gasteiger partial charge in [-0.2, -0.15) is 0 Å². The fourth-order valence-corrected chi connectivity index (χ4v) is 5.80. The first-order valence-corrected chi connectivity index (χ1v) is 10.8. The third-order valence-corrected chi connectivity index (χ3v) is 7.58. The Kier molecular flexibility index (Phi) is 4.35. The van der Waals surface area contributed by atoms with Gasteiger partial charge in [0.2, 0.25) is 0 Å². The molecule has 1 saturated heterocycles. The van der Waals surface area contributed by atoms with Crippen LogP contribution in [0.15, 0.2) is 30.3 Å². The molecule has 1 aliphatic rings. The highest BCUT2D eigenvalue weighted by Crippen LogP contribution is 2.38. The van der Waals surface area contributed by atoms with E-state index in [1.807, 2.05) is 6.07 Å². The van der Waals surface area contributed by atoms with Gasteiger partial charge in [0, 0.05) is 26.2 Å². The smallest absolute Gasteiger partial charge is 0.186 e. The second-order valence-corrected chi connectivity index (χ2v) is 9.06. The van der Waals surface area contributed by atoms with Crippen molar-refractivity contribution in [2.75, 3.05) is 36.0 Å². The number of thiazole rings is 2. The third kappa shape index (κ3) is 3.02. The Morgan fingerprint density at radius 2 is 1.44 bits per heavy atom. The minimum atomic E-state index is -0.267. The van der Waals surface area contributed by atoms with Gasteiger partial charge >= 0.3 is 0 Å². The molecule has 0 saturated carbocycles. The average molecular weight is 439 g/mol. The lowest BCUT2D eigenvalue weighted by Gasteiger charge is -2.34. The number of aromatic nitrogens is 2. The number of anilines is 2. The van der Waals surface area contributed by atoms with Crippen LogP contribution in [0.2, 0.25) is 10.0 Å². The van der Waals surface area contributed by atoms with Gasteiger partial charge in [0.25, 0.3) is 0 Å². The summed E-state index contributed by atoms with van der Waals surface area (Å²) in [7, 11) is 0. The summed E-state index contributed by atoms with van der Waals surface area (Å²) in [5.74, 6) is -0.267. The molecule has 0 unspecified atom stereocenters. The van der Waals surface area contributed by atoms with Crippen LogP contribution in [0.4, 0.5) is 14.7 Å². The topological polar surface area (TPSA) is 32.3 Å². The molecular formula is C18H13Cl2FN4S2. The highest BCUT2D eigenvalue weighted by Gasteiger charge is 2.23. The summed E-state index contributed by atoms with van der Waals surface area (Å²) >= 11 is 15.6. The van der Waals surface area contributed by atoms with Crippen molar-refractivity contribution in [2.24, 2.45) is 0 Å². The molecule has 0 aliphatic carbocycles. The van der Waals surface area contributed by atoms with E-state index in [0.29, 0.717) is 15.6 Å². The van der Waals surface area contributed by atoms with Gasteiger partial charge in [0.1, 0.15) is 16.9 Å². The zero-order chi connectivity index (χ0) is 18.5. The fraction of sp³-hybridized carbons (Fsp3) is 0.222. The molecule has 0 amide bonds. The van der Waals surface area contributed by atoms with Crippen LogP contribution >= 0.6 is 45.9 Å². The number of nitrogens with zero attached hydrogens (tertiary/aromatic N) is 4. The zero-order valence-corrected chi connectivity index (χ0v) is 17.1. The maximum atomic E-state index is 13.9. The zero-order valence-electron chi connectivity index (χ0n) is 14.0. The molecule has 5 rings (SSSR count). The molecular weight excluding hydrogens is 426 g/mol. The average Bonchev–Trinajstić information content (AvgIpc) is 3.31. The highest BCUT2D eigenvalue weighted by atomic mass is 35.5. The van der Waals surface area contributed by atoms with Gasteiger partial charge < -0.3 is 9.80 Å². The van der Waals surface area contributed by atoms with E-state index in [1.165, 1.54) is 17.4 Å². The maximum absolute atomic E-state index is 13.9. The van der Waals surface area contributed by atoms with Gasteiger partial charge in [0.05, 0.1) is 19.4 Å². The number of hydrogen-bond acceptors (Lipinski definition) is 6. The van der Waals surface area contributed by atoms with Crippen LogP contribution in [0, 0.1) is 5.82 Å². The lowest BCUT2D eigenvalue weighted by Crippen LogP contribution is -2.46. The first-order chi connectivity index (χ1) is 13.1. The van der Waals surface area contributed by atoms with Crippen LogP contribution in [0.3, 0.4) is 0 Å². The van der Waals surface area contributed by atoms with Crippen molar-refractivity contribution in [2.45, 2.75) is 0 Å². The molecule has 1 fully saturated rings. The molecule has 1 aliphatic heterocycles. The highest BCUT2D eigenvalue weighted by molar-refractivity contribution is 7.23. The van der Waals surface area contributed by atoms with Crippen LogP contribution in [-0.2, 0) is 0 Å². The molecule has 2 aromatic carbocycles. The van der Waals surface area contributed by atoms with Crippen LogP contribution in [0.5, 0.6) is 0 Å². The molecule has 4 nitrogen and oxygen atoms in total. The Bertz CT molecular complexity index is 1110. The van der Waals surface area contributed by atoms with Crippen molar-refractivity contribution in [3.8, 4) is 0 Å². The largest absolute Gasteiger partial charge is 0.345 e.